The minimum absolute atomic E-state index is 0.159. The first-order valence-electron chi connectivity index (χ1n) is 12.3. The number of halogens is 1. The lowest BCUT2D eigenvalue weighted by molar-refractivity contribution is -0.141. The summed E-state index contributed by atoms with van der Waals surface area (Å²) < 4.78 is 17.0. The number of carbonyl (C=O) groups excluding carboxylic acids is 3. The van der Waals surface area contributed by atoms with Gasteiger partial charge in [0.15, 0.2) is 0 Å². The molecule has 0 spiro atoms. The van der Waals surface area contributed by atoms with Gasteiger partial charge < -0.3 is 14.2 Å². The maximum absolute atomic E-state index is 14.3. The number of rotatable bonds is 4. The Balaban J connectivity index is 1.72. The number of benzene rings is 3. The molecule has 1 unspecified atom stereocenters. The van der Waals surface area contributed by atoms with Crippen LogP contribution in [0.2, 0.25) is 5.02 Å². The molecule has 0 saturated carbocycles. The molecule has 40 heavy (non-hydrogen) atoms. The van der Waals surface area contributed by atoms with Crippen LogP contribution in [0.25, 0.3) is 22.1 Å². The number of ether oxygens (including phenoxy) is 3. The SMILES string of the molecule is COC(=O)C1=C(C(=O)OC)N(C(=O)c2ccc(Cl)cc2)C(c2ccccn2)OC2=C1c1cccc3cccc2c13. The molecule has 8 nitrogen and oxygen atoms in total. The smallest absolute Gasteiger partial charge is 0.355 e. The van der Waals surface area contributed by atoms with Crippen molar-refractivity contribution in [3.63, 3.8) is 0 Å². The number of methoxy groups -OCH3 is 2. The fourth-order valence-electron chi connectivity index (χ4n) is 5.14. The van der Waals surface area contributed by atoms with E-state index in [1.807, 2.05) is 36.4 Å². The molecule has 1 aromatic heterocycles. The van der Waals surface area contributed by atoms with Gasteiger partial charge in [0.1, 0.15) is 22.7 Å². The van der Waals surface area contributed by atoms with Crippen molar-refractivity contribution in [1.29, 1.82) is 0 Å². The lowest BCUT2D eigenvalue weighted by atomic mass is 9.95. The maximum Gasteiger partial charge on any atom is 0.355 e. The van der Waals surface area contributed by atoms with Gasteiger partial charge in [-0.1, -0.05) is 54.1 Å². The van der Waals surface area contributed by atoms with E-state index in [9.17, 15) is 14.4 Å². The van der Waals surface area contributed by atoms with Crippen molar-refractivity contribution in [1.82, 2.24) is 9.88 Å². The molecule has 4 aromatic rings. The Bertz CT molecular complexity index is 1760. The van der Waals surface area contributed by atoms with Crippen LogP contribution in [-0.2, 0) is 23.8 Å². The Morgan fingerprint density at radius 3 is 2.20 bits per heavy atom. The lowest BCUT2D eigenvalue weighted by Crippen LogP contribution is -2.39. The summed E-state index contributed by atoms with van der Waals surface area (Å²) in [7, 11) is 2.39. The third kappa shape index (κ3) is 3.92. The van der Waals surface area contributed by atoms with Crippen molar-refractivity contribution in [3.8, 4) is 0 Å². The predicted octanol–water partition coefficient (Wildman–Crippen LogP) is 5.54. The van der Waals surface area contributed by atoms with E-state index in [4.69, 9.17) is 25.8 Å². The number of hydrogen-bond donors (Lipinski definition) is 0. The summed E-state index contributed by atoms with van der Waals surface area (Å²) in [6.45, 7) is 0. The fraction of sp³-hybridized carbons (Fsp3) is 0.0968. The number of amides is 1. The number of esters is 2. The number of fused-ring (bicyclic) bond motifs is 2. The molecule has 1 atom stereocenters. The first-order valence-corrected chi connectivity index (χ1v) is 12.7. The number of aromatic nitrogens is 1. The van der Waals surface area contributed by atoms with Gasteiger partial charge in [0, 0.05) is 33.3 Å². The van der Waals surface area contributed by atoms with Gasteiger partial charge in [-0.05, 0) is 47.3 Å². The van der Waals surface area contributed by atoms with Crippen molar-refractivity contribution < 1.29 is 28.6 Å². The molecule has 0 N–H and O–H groups in total. The van der Waals surface area contributed by atoms with Crippen molar-refractivity contribution >= 4 is 51.6 Å². The first kappa shape index (κ1) is 25.3. The molecule has 0 bridgehead atoms. The van der Waals surface area contributed by atoms with Gasteiger partial charge in [-0.25, -0.2) is 9.59 Å². The molecule has 9 heteroatoms. The standard InChI is InChI=1S/C31H21ClN2O6/c1-38-30(36)25-24-20-9-5-7-17-8-6-10-21(23(17)20)27(24)40-29(22-11-3-4-16-33-22)34(26(25)31(37)39-2)28(35)18-12-14-19(32)15-13-18/h3-16,29H,1-2H3. The second-order valence-corrected chi connectivity index (χ2v) is 9.46. The average Bonchev–Trinajstić information content (AvgIpc) is 3.20. The molecule has 0 saturated heterocycles. The Morgan fingerprint density at radius 1 is 0.850 bits per heavy atom. The van der Waals surface area contributed by atoms with Crippen LogP contribution in [0.15, 0.2) is 96.3 Å². The molecular formula is C31H21ClN2O6. The molecule has 1 aliphatic heterocycles. The van der Waals surface area contributed by atoms with Crippen LogP contribution < -0.4 is 0 Å². The summed E-state index contributed by atoms with van der Waals surface area (Å²) in [5.41, 5.74) is 1.72. The van der Waals surface area contributed by atoms with Gasteiger partial charge in [-0.15, -0.1) is 0 Å². The van der Waals surface area contributed by atoms with E-state index in [1.54, 1.807) is 36.5 Å². The second-order valence-electron chi connectivity index (χ2n) is 9.03. The van der Waals surface area contributed by atoms with E-state index in [0.717, 1.165) is 15.7 Å². The van der Waals surface area contributed by atoms with Crippen LogP contribution in [0.5, 0.6) is 0 Å². The van der Waals surface area contributed by atoms with E-state index in [1.165, 1.54) is 26.4 Å². The van der Waals surface area contributed by atoms with Gasteiger partial charge >= 0.3 is 11.9 Å². The number of pyridine rings is 1. The van der Waals surface area contributed by atoms with Crippen LogP contribution >= 0.6 is 11.6 Å². The molecule has 1 amide bonds. The maximum atomic E-state index is 14.3. The van der Waals surface area contributed by atoms with Crippen LogP contribution in [0.1, 0.15) is 33.4 Å². The molecule has 1 aliphatic carbocycles. The molecule has 2 aliphatic rings. The van der Waals surface area contributed by atoms with Crippen molar-refractivity contribution in [2.45, 2.75) is 6.23 Å². The zero-order chi connectivity index (χ0) is 28.0. The van der Waals surface area contributed by atoms with Crippen LogP contribution in [-0.4, -0.2) is 41.9 Å². The minimum Gasteiger partial charge on any atom is -0.465 e. The molecule has 6 rings (SSSR count). The lowest BCUT2D eigenvalue weighted by Gasteiger charge is -2.31. The van der Waals surface area contributed by atoms with Gasteiger partial charge in [-0.2, -0.15) is 0 Å². The zero-order valence-electron chi connectivity index (χ0n) is 21.4. The quantitative estimate of drug-likeness (QED) is 0.307. The molecule has 0 radical (unpaired) electrons. The average molecular weight is 553 g/mol. The molecule has 3 aromatic carbocycles. The highest BCUT2D eigenvalue weighted by Gasteiger charge is 2.46. The third-order valence-electron chi connectivity index (χ3n) is 6.86. The van der Waals surface area contributed by atoms with E-state index >= 15 is 0 Å². The highest BCUT2D eigenvalue weighted by Crippen LogP contribution is 2.51. The summed E-state index contributed by atoms with van der Waals surface area (Å²) in [6.07, 6.45) is 0.298. The summed E-state index contributed by atoms with van der Waals surface area (Å²) in [5, 5.41) is 2.19. The monoisotopic (exact) mass is 552 g/mol. The van der Waals surface area contributed by atoms with E-state index in [-0.39, 0.29) is 16.8 Å². The van der Waals surface area contributed by atoms with Gasteiger partial charge in [-0.3, -0.25) is 14.7 Å². The van der Waals surface area contributed by atoms with E-state index in [2.05, 4.69) is 4.98 Å². The highest BCUT2D eigenvalue weighted by molar-refractivity contribution is 6.30. The molecule has 198 valence electrons. The van der Waals surface area contributed by atoms with Gasteiger partial charge in [0.2, 0.25) is 6.23 Å². The summed E-state index contributed by atoms with van der Waals surface area (Å²) >= 11 is 6.08. The number of hydrogen-bond acceptors (Lipinski definition) is 7. The number of carbonyl (C=O) groups is 3. The van der Waals surface area contributed by atoms with Crippen molar-refractivity contribution in [2.75, 3.05) is 14.2 Å². The Kier molecular flexibility index (Phi) is 6.32. The molecule has 0 fully saturated rings. The summed E-state index contributed by atoms with van der Waals surface area (Å²) in [5.74, 6) is -2.08. The number of nitrogens with zero attached hydrogens (tertiary/aromatic N) is 2. The fourth-order valence-corrected chi connectivity index (χ4v) is 5.26. The van der Waals surface area contributed by atoms with Crippen LogP contribution in [0.4, 0.5) is 0 Å². The third-order valence-corrected chi connectivity index (χ3v) is 7.11. The van der Waals surface area contributed by atoms with Crippen molar-refractivity contribution in [2.24, 2.45) is 0 Å². The second kappa shape index (κ2) is 9.98. The Morgan fingerprint density at radius 2 is 1.55 bits per heavy atom. The largest absolute Gasteiger partial charge is 0.465 e. The normalized spacial score (nSPS) is 15.9. The Hall–Kier alpha value is -4.95. The Labute approximate surface area is 234 Å². The zero-order valence-corrected chi connectivity index (χ0v) is 22.1. The minimum atomic E-state index is -1.25. The van der Waals surface area contributed by atoms with Gasteiger partial charge in [0.25, 0.3) is 5.91 Å². The first-order chi connectivity index (χ1) is 19.4. The topological polar surface area (TPSA) is 95.0 Å². The molecule has 2 heterocycles. The van der Waals surface area contributed by atoms with Crippen LogP contribution in [0, 0.1) is 0 Å². The predicted molar refractivity (Wildman–Crippen MR) is 148 cm³/mol. The highest BCUT2D eigenvalue weighted by atomic mass is 35.5. The van der Waals surface area contributed by atoms with E-state index in [0.29, 0.717) is 33.2 Å². The van der Waals surface area contributed by atoms with E-state index < -0.39 is 24.1 Å². The van der Waals surface area contributed by atoms with Crippen LogP contribution in [0.3, 0.4) is 0 Å². The van der Waals surface area contributed by atoms with Crippen molar-refractivity contribution in [3.05, 3.63) is 124 Å². The summed E-state index contributed by atoms with van der Waals surface area (Å²) in [6, 6.07) is 22.6. The summed E-state index contributed by atoms with van der Waals surface area (Å²) in [4.78, 5) is 47.0. The molecular weight excluding hydrogens is 532 g/mol. The van der Waals surface area contributed by atoms with Gasteiger partial charge in [0.05, 0.1) is 14.2 Å².